The van der Waals surface area contributed by atoms with Gasteiger partial charge in [-0.15, -0.1) is 0 Å². The van der Waals surface area contributed by atoms with Crippen LogP contribution in [0.15, 0.2) is 12.1 Å². The quantitative estimate of drug-likeness (QED) is 0.630. The maximum absolute atomic E-state index is 12.9. The van der Waals surface area contributed by atoms with E-state index in [2.05, 4.69) is 10.3 Å². The Kier molecular flexibility index (Phi) is 5.63. The molecule has 0 radical (unpaired) electrons. The molecule has 1 N–H and O–H groups in total. The Bertz CT molecular complexity index is 963. The molecule has 1 atom stereocenters. The van der Waals surface area contributed by atoms with Crippen LogP contribution in [0, 0.1) is 24.2 Å². The minimum atomic E-state index is -4.56. The molecule has 3 saturated carbocycles. The van der Waals surface area contributed by atoms with Crippen molar-refractivity contribution in [2.45, 2.75) is 76.3 Å². The maximum Gasteiger partial charge on any atom is 0.433 e. The second kappa shape index (κ2) is 7.74. The minimum Gasteiger partial charge on any atom is -0.349 e. The lowest BCUT2D eigenvalue weighted by Crippen LogP contribution is -2.57. The van der Waals surface area contributed by atoms with E-state index >= 15 is 0 Å². The van der Waals surface area contributed by atoms with Crippen LogP contribution in [0.3, 0.4) is 0 Å². The van der Waals surface area contributed by atoms with Crippen molar-refractivity contribution in [2.24, 2.45) is 17.3 Å². The van der Waals surface area contributed by atoms with Gasteiger partial charge >= 0.3 is 6.18 Å². The molecular formula is C22H29F3N2O3S. The van der Waals surface area contributed by atoms with E-state index in [1.807, 2.05) is 6.92 Å². The van der Waals surface area contributed by atoms with Gasteiger partial charge in [0.2, 0.25) is 0 Å². The Morgan fingerprint density at radius 3 is 2.32 bits per heavy atom. The van der Waals surface area contributed by atoms with Crippen LogP contribution in [0.1, 0.15) is 73.6 Å². The van der Waals surface area contributed by atoms with E-state index in [0.29, 0.717) is 24.7 Å². The summed E-state index contributed by atoms with van der Waals surface area (Å²) in [5.41, 5.74) is -1.17. The number of alkyl halides is 3. The van der Waals surface area contributed by atoms with Gasteiger partial charge < -0.3 is 5.32 Å². The van der Waals surface area contributed by atoms with Crippen molar-refractivity contribution in [2.75, 3.05) is 5.75 Å². The molecule has 0 saturated heterocycles. The van der Waals surface area contributed by atoms with Crippen molar-refractivity contribution < 1.29 is 26.4 Å². The Morgan fingerprint density at radius 2 is 1.81 bits per heavy atom. The predicted molar refractivity (Wildman–Crippen MR) is 110 cm³/mol. The molecule has 4 rings (SSSR count). The van der Waals surface area contributed by atoms with Crippen molar-refractivity contribution >= 4 is 15.7 Å². The third kappa shape index (κ3) is 4.91. The first-order valence-electron chi connectivity index (χ1n) is 11.0. The van der Waals surface area contributed by atoms with Gasteiger partial charge in [-0.3, -0.25) is 4.79 Å². The Hall–Kier alpha value is -1.64. The highest BCUT2D eigenvalue weighted by molar-refractivity contribution is 7.92. The fourth-order valence-corrected chi connectivity index (χ4v) is 7.26. The Morgan fingerprint density at radius 1 is 1.19 bits per heavy atom. The molecule has 172 valence electrons. The summed E-state index contributed by atoms with van der Waals surface area (Å²) in [5.74, 6) is 0.691. The molecule has 1 aromatic rings. The molecule has 0 aliphatic heterocycles. The highest BCUT2D eigenvalue weighted by Crippen LogP contribution is 2.55. The molecule has 0 bridgehead atoms. The average Bonchev–Trinajstić information content (AvgIpc) is 3.52. The number of sulfone groups is 1. The van der Waals surface area contributed by atoms with Crippen LogP contribution in [-0.4, -0.2) is 36.4 Å². The number of amides is 1. The molecule has 3 aliphatic carbocycles. The first-order valence-corrected chi connectivity index (χ1v) is 12.7. The summed E-state index contributed by atoms with van der Waals surface area (Å²) in [6.45, 7) is 3.27. The monoisotopic (exact) mass is 458 g/mol. The van der Waals surface area contributed by atoms with E-state index in [9.17, 15) is 26.4 Å². The van der Waals surface area contributed by atoms with Crippen LogP contribution in [0.5, 0.6) is 0 Å². The molecular weight excluding hydrogens is 429 g/mol. The fraction of sp³-hybridized carbons (Fsp3) is 0.727. The lowest BCUT2D eigenvalue weighted by atomic mass is 9.61. The van der Waals surface area contributed by atoms with Crippen molar-refractivity contribution in [1.82, 2.24) is 10.3 Å². The predicted octanol–water partition coefficient (Wildman–Crippen LogP) is 4.30. The largest absolute Gasteiger partial charge is 0.433 e. The second-order valence-corrected chi connectivity index (χ2v) is 12.2. The third-order valence-corrected chi connectivity index (χ3v) is 9.51. The Balaban J connectivity index is 1.45. The van der Waals surface area contributed by atoms with Gasteiger partial charge in [-0.2, -0.15) is 13.2 Å². The lowest BCUT2D eigenvalue weighted by molar-refractivity contribution is -0.141. The summed E-state index contributed by atoms with van der Waals surface area (Å²) in [6.07, 6.45) is 1.66. The number of aromatic nitrogens is 1. The van der Waals surface area contributed by atoms with Crippen LogP contribution in [0.2, 0.25) is 0 Å². The van der Waals surface area contributed by atoms with Gasteiger partial charge in [0, 0.05) is 6.04 Å². The standard InChI is InChI=1S/C22H29F3N2O3S/c1-13-18(7-8-19(26-13)22(23,24)25)20(28)27-14(2)21(9-15-3-4-15)10-17(11-21)31(29,30)12-16-5-6-16/h7-8,14-17H,3-6,9-12H2,1-2H3,(H,27,28). The number of halogens is 3. The summed E-state index contributed by atoms with van der Waals surface area (Å²) in [5, 5.41) is 2.59. The maximum atomic E-state index is 12.9. The summed E-state index contributed by atoms with van der Waals surface area (Å²) in [7, 11) is -3.12. The van der Waals surface area contributed by atoms with E-state index in [4.69, 9.17) is 0 Å². The third-order valence-electron chi connectivity index (χ3n) is 7.22. The van der Waals surface area contributed by atoms with Gasteiger partial charge in [0.25, 0.3) is 5.91 Å². The zero-order chi connectivity index (χ0) is 22.6. The second-order valence-electron chi connectivity index (χ2n) is 9.84. The highest BCUT2D eigenvalue weighted by atomic mass is 32.2. The molecule has 31 heavy (non-hydrogen) atoms. The first-order chi connectivity index (χ1) is 14.4. The van der Waals surface area contributed by atoms with E-state index in [1.54, 1.807) is 0 Å². The lowest BCUT2D eigenvalue weighted by Gasteiger charge is -2.51. The zero-order valence-electron chi connectivity index (χ0n) is 17.8. The van der Waals surface area contributed by atoms with Crippen molar-refractivity contribution in [3.8, 4) is 0 Å². The highest BCUT2D eigenvalue weighted by Gasteiger charge is 2.55. The van der Waals surface area contributed by atoms with E-state index in [0.717, 1.165) is 44.2 Å². The van der Waals surface area contributed by atoms with Crippen molar-refractivity contribution in [3.05, 3.63) is 29.1 Å². The molecule has 0 aromatic carbocycles. The van der Waals surface area contributed by atoms with Gasteiger partial charge in [-0.05, 0) is 75.3 Å². The average molecular weight is 459 g/mol. The number of hydrogen-bond donors (Lipinski definition) is 1. The van der Waals surface area contributed by atoms with Gasteiger partial charge in [-0.25, -0.2) is 13.4 Å². The molecule has 9 heteroatoms. The van der Waals surface area contributed by atoms with Gasteiger partial charge in [0.15, 0.2) is 9.84 Å². The van der Waals surface area contributed by atoms with Crippen LogP contribution in [-0.2, 0) is 16.0 Å². The SMILES string of the molecule is Cc1nc(C(F)(F)F)ccc1C(=O)NC(C)C1(CC2CC2)CC(S(=O)(=O)CC2CC2)C1. The van der Waals surface area contributed by atoms with Crippen LogP contribution >= 0.6 is 0 Å². The Labute approximate surface area is 181 Å². The van der Waals surface area contributed by atoms with E-state index in [-0.39, 0.29) is 33.7 Å². The molecule has 1 aromatic heterocycles. The molecule has 1 amide bonds. The summed E-state index contributed by atoms with van der Waals surface area (Å²) in [6, 6.07) is 1.70. The van der Waals surface area contributed by atoms with Crippen molar-refractivity contribution in [3.63, 3.8) is 0 Å². The van der Waals surface area contributed by atoms with E-state index in [1.165, 1.54) is 6.92 Å². The smallest absolute Gasteiger partial charge is 0.349 e. The molecule has 1 heterocycles. The fourth-order valence-electron chi connectivity index (χ4n) is 4.83. The van der Waals surface area contributed by atoms with Crippen LogP contribution in [0.25, 0.3) is 0 Å². The molecule has 0 spiro atoms. The van der Waals surface area contributed by atoms with Gasteiger partial charge in [0.05, 0.1) is 22.3 Å². The molecule has 3 aliphatic rings. The number of hydrogen-bond acceptors (Lipinski definition) is 4. The summed E-state index contributed by atoms with van der Waals surface area (Å²) >= 11 is 0. The van der Waals surface area contributed by atoms with Crippen LogP contribution in [0.4, 0.5) is 13.2 Å². The topological polar surface area (TPSA) is 76.1 Å². The number of carbonyl (C=O) groups is 1. The molecule has 1 unspecified atom stereocenters. The number of nitrogens with one attached hydrogen (secondary N) is 1. The van der Waals surface area contributed by atoms with Crippen LogP contribution < -0.4 is 5.32 Å². The summed E-state index contributed by atoms with van der Waals surface area (Å²) < 4.78 is 63.9. The normalized spacial score (nSPS) is 27.5. The number of nitrogens with zero attached hydrogens (tertiary/aromatic N) is 1. The number of rotatable bonds is 8. The van der Waals surface area contributed by atoms with Gasteiger partial charge in [-0.1, -0.05) is 12.8 Å². The van der Waals surface area contributed by atoms with Crippen molar-refractivity contribution in [1.29, 1.82) is 0 Å². The first kappa shape index (κ1) is 22.6. The number of carbonyl (C=O) groups excluding carboxylic acids is 1. The zero-order valence-corrected chi connectivity index (χ0v) is 18.7. The molecule has 5 nitrogen and oxygen atoms in total. The number of aryl methyl sites for hydroxylation is 1. The minimum absolute atomic E-state index is 0.0225. The number of pyridine rings is 1. The summed E-state index contributed by atoms with van der Waals surface area (Å²) in [4.78, 5) is 16.3. The van der Waals surface area contributed by atoms with Gasteiger partial charge in [0.1, 0.15) is 5.69 Å². The molecule has 3 fully saturated rings. The van der Waals surface area contributed by atoms with E-state index < -0.39 is 27.6 Å².